The van der Waals surface area contributed by atoms with Crippen LogP contribution in [0.15, 0.2) is 24.3 Å². The Labute approximate surface area is 120 Å². The quantitative estimate of drug-likeness (QED) is 0.214. The van der Waals surface area contributed by atoms with E-state index in [-0.39, 0.29) is 0 Å². The van der Waals surface area contributed by atoms with Crippen molar-refractivity contribution in [1.82, 2.24) is 0 Å². The summed E-state index contributed by atoms with van der Waals surface area (Å²) in [5, 5.41) is 0. The molecule has 0 radical (unpaired) electrons. The third-order valence-electron chi connectivity index (χ3n) is 3.27. The van der Waals surface area contributed by atoms with Crippen LogP contribution in [0.1, 0.15) is 84.0 Å². The minimum Gasteiger partial charge on any atom is -0.303 e. The number of aldehydes is 1. The summed E-state index contributed by atoms with van der Waals surface area (Å²) >= 11 is 0. The molecule has 0 amide bonds. The molecule has 1 heteroatoms. The van der Waals surface area contributed by atoms with E-state index in [1.165, 1.54) is 57.8 Å². The fourth-order valence-electron chi connectivity index (χ4n) is 2.04. The molecule has 0 rings (SSSR count). The molecule has 0 unspecified atom stereocenters. The van der Waals surface area contributed by atoms with Crippen molar-refractivity contribution < 1.29 is 4.79 Å². The van der Waals surface area contributed by atoms with Gasteiger partial charge in [0.25, 0.3) is 0 Å². The monoisotopic (exact) mass is 264 g/mol. The summed E-state index contributed by atoms with van der Waals surface area (Å²) in [6.45, 7) is 2.24. The van der Waals surface area contributed by atoms with Gasteiger partial charge >= 0.3 is 0 Å². The van der Waals surface area contributed by atoms with Crippen molar-refractivity contribution in [1.29, 1.82) is 0 Å². The molecule has 0 aliphatic heterocycles. The SMILES string of the molecule is CCCCC/C=C\CC=CCCCCCCCC=O. The first-order valence-electron chi connectivity index (χ1n) is 8.15. The van der Waals surface area contributed by atoms with E-state index in [1.54, 1.807) is 0 Å². The highest BCUT2D eigenvalue weighted by Crippen LogP contribution is 2.07. The van der Waals surface area contributed by atoms with Crippen LogP contribution in [0.25, 0.3) is 0 Å². The second-order valence-corrected chi connectivity index (χ2v) is 5.19. The number of carbonyl (C=O) groups excluding carboxylic acids is 1. The molecule has 0 fully saturated rings. The Morgan fingerprint density at radius 1 is 0.632 bits per heavy atom. The summed E-state index contributed by atoms with van der Waals surface area (Å²) < 4.78 is 0. The highest BCUT2D eigenvalue weighted by molar-refractivity contribution is 5.48. The standard InChI is InChI=1S/C18H32O/c1-2-3-4-5-6-7-8-9-10-11-12-13-14-15-16-17-18-19/h6-7,9-10,18H,2-5,8,11-17H2,1H3/b7-6-,10-9?. The molecule has 0 aliphatic carbocycles. The fraction of sp³-hybridized carbons (Fsp3) is 0.722. The molecule has 0 aromatic rings. The van der Waals surface area contributed by atoms with E-state index in [4.69, 9.17) is 0 Å². The summed E-state index contributed by atoms with van der Waals surface area (Å²) in [5.41, 5.74) is 0. The van der Waals surface area contributed by atoms with Crippen LogP contribution in [0.2, 0.25) is 0 Å². The Hall–Kier alpha value is -0.850. The molecule has 0 aromatic carbocycles. The van der Waals surface area contributed by atoms with E-state index in [0.717, 1.165) is 25.5 Å². The third kappa shape index (κ3) is 17.1. The largest absolute Gasteiger partial charge is 0.303 e. The van der Waals surface area contributed by atoms with Crippen LogP contribution in [0.4, 0.5) is 0 Å². The van der Waals surface area contributed by atoms with Gasteiger partial charge in [0, 0.05) is 6.42 Å². The molecular weight excluding hydrogens is 232 g/mol. The van der Waals surface area contributed by atoms with Crippen molar-refractivity contribution in [3.63, 3.8) is 0 Å². The number of hydrogen-bond donors (Lipinski definition) is 0. The summed E-state index contributed by atoms with van der Waals surface area (Å²) in [7, 11) is 0. The predicted molar refractivity (Wildman–Crippen MR) is 85.4 cm³/mol. The lowest BCUT2D eigenvalue weighted by Gasteiger charge is -1.97. The normalized spacial score (nSPS) is 11.6. The lowest BCUT2D eigenvalue weighted by atomic mass is 10.1. The summed E-state index contributed by atoms with van der Waals surface area (Å²) in [4.78, 5) is 10.1. The van der Waals surface area contributed by atoms with Gasteiger partial charge in [-0.25, -0.2) is 0 Å². The van der Waals surface area contributed by atoms with Gasteiger partial charge in [0.2, 0.25) is 0 Å². The third-order valence-corrected chi connectivity index (χ3v) is 3.27. The van der Waals surface area contributed by atoms with Gasteiger partial charge in [0.1, 0.15) is 6.29 Å². The van der Waals surface area contributed by atoms with Crippen molar-refractivity contribution >= 4 is 6.29 Å². The number of allylic oxidation sites excluding steroid dienone is 4. The van der Waals surface area contributed by atoms with Crippen molar-refractivity contribution in [2.45, 2.75) is 84.0 Å². The van der Waals surface area contributed by atoms with Crippen molar-refractivity contribution in [2.24, 2.45) is 0 Å². The van der Waals surface area contributed by atoms with E-state index in [9.17, 15) is 4.79 Å². The minimum atomic E-state index is 0.741. The smallest absolute Gasteiger partial charge is 0.119 e. The molecule has 0 aliphatic rings. The number of hydrogen-bond acceptors (Lipinski definition) is 1. The van der Waals surface area contributed by atoms with Crippen LogP contribution in [0.5, 0.6) is 0 Å². The van der Waals surface area contributed by atoms with E-state index in [0.29, 0.717) is 0 Å². The topological polar surface area (TPSA) is 17.1 Å². The molecule has 0 saturated heterocycles. The number of rotatable bonds is 14. The number of unbranched alkanes of at least 4 members (excludes halogenated alkanes) is 9. The average molecular weight is 264 g/mol. The maximum atomic E-state index is 10.1. The highest BCUT2D eigenvalue weighted by atomic mass is 16.1. The molecule has 0 spiro atoms. The Morgan fingerprint density at radius 3 is 1.74 bits per heavy atom. The summed E-state index contributed by atoms with van der Waals surface area (Å²) in [5.74, 6) is 0. The first kappa shape index (κ1) is 18.1. The lowest BCUT2D eigenvalue weighted by molar-refractivity contribution is -0.107. The van der Waals surface area contributed by atoms with Crippen LogP contribution in [-0.4, -0.2) is 6.29 Å². The van der Waals surface area contributed by atoms with Crippen LogP contribution < -0.4 is 0 Å². The van der Waals surface area contributed by atoms with Gasteiger partial charge in [-0.05, 0) is 38.5 Å². The zero-order valence-corrected chi connectivity index (χ0v) is 12.8. The van der Waals surface area contributed by atoms with Crippen LogP contribution in [-0.2, 0) is 4.79 Å². The molecule has 0 bridgehead atoms. The van der Waals surface area contributed by atoms with Gasteiger partial charge in [-0.15, -0.1) is 0 Å². The molecule has 0 saturated carbocycles. The Kier molecular flexibility index (Phi) is 16.4. The van der Waals surface area contributed by atoms with Crippen LogP contribution >= 0.6 is 0 Å². The van der Waals surface area contributed by atoms with Gasteiger partial charge in [-0.2, -0.15) is 0 Å². The van der Waals surface area contributed by atoms with E-state index in [1.807, 2.05) is 0 Å². The fourth-order valence-corrected chi connectivity index (χ4v) is 2.04. The molecule has 0 aromatic heterocycles. The molecule has 19 heavy (non-hydrogen) atoms. The zero-order valence-electron chi connectivity index (χ0n) is 12.8. The summed E-state index contributed by atoms with van der Waals surface area (Å²) in [6, 6.07) is 0. The van der Waals surface area contributed by atoms with Crippen molar-refractivity contribution in [3.8, 4) is 0 Å². The molecule has 0 atom stereocenters. The van der Waals surface area contributed by atoms with Crippen LogP contribution in [0, 0.1) is 0 Å². The van der Waals surface area contributed by atoms with E-state index >= 15 is 0 Å². The second kappa shape index (κ2) is 17.2. The van der Waals surface area contributed by atoms with Crippen LogP contribution in [0.3, 0.4) is 0 Å². The average Bonchev–Trinajstić information content (AvgIpc) is 2.43. The second-order valence-electron chi connectivity index (χ2n) is 5.19. The number of carbonyl (C=O) groups is 1. The molecule has 0 heterocycles. The molecule has 1 nitrogen and oxygen atoms in total. The van der Waals surface area contributed by atoms with Gasteiger partial charge in [0.15, 0.2) is 0 Å². The molecule has 0 N–H and O–H groups in total. The maximum Gasteiger partial charge on any atom is 0.119 e. The molecule has 110 valence electrons. The van der Waals surface area contributed by atoms with E-state index in [2.05, 4.69) is 31.2 Å². The highest BCUT2D eigenvalue weighted by Gasteiger charge is 1.89. The van der Waals surface area contributed by atoms with Crippen molar-refractivity contribution in [2.75, 3.05) is 0 Å². The van der Waals surface area contributed by atoms with Gasteiger partial charge in [0.05, 0.1) is 0 Å². The minimum absolute atomic E-state index is 0.741. The first-order valence-corrected chi connectivity index (χ1v) is 8.15. The van der Waals surface area contributed by atoms with Gasteiger partial charge in [-0.1, -0.05) is 63.3 Å². The van der Waals surface area contributed by atoms with Crippen molar-refractivity contribution in [3.05, 3.63) is 24.3 Å². The Bertz CT molecular complexity index is 228. The lowest BCUT2D eigenvalue weighted by Crippen LogP contribution is -1.80. The summed E-state index contributed by atoms with van der Waals surface area (Å²) in [6.07, 6.45) is 24.6. The Morgan fingerprint density at radius 2 is 1.16 bits per heavy atom. The zero-order chi connectivity index (χ0) is 14.0. The van der Waals surface area contributed by atoms with E-state index < -0.39 is 0 Å². The first-order chi connectivity index (χ1) is 9.41. The predicted octanol–water partition coefficient (Wildman–Crippen LogP) is 6.00. The molecular formula is C18H32O. The Balaban J connectivity index is 3.14. The van der Waals surface area contributed by atoms with Gasteiger partial charge in [-0.3, -0.25) is 0 Å². The van der Waals surface area contributed by atoms with Gasteiger partial charge < -0.3 is 4.79 Å². The maximum absolute atomic E-state index is 10.1.